The Kier molecular flexibility index (Phi) is 3.03. The quantitative estimate of drug-likeness (QED) is 0.769. The third-order valence-electron chi connectivity index (χ3n) is 2.07. The molecular weight excluding hydrogens is 204 g/mol. The molecule has 0 saturated heterocycles. The van der Waals surface area contributed by atoms with Gasteiger partial charge < -0.3 is 15.6 Å². The number of benzene rings is 1. The largest absolute Gasteiger partial charge is 0.457 e. The van der Waals surface area contributed by atoms with Crippen LogP contribution in [0.1, 0.15) is 5.69 Å². The number of anilines is 1. The van der Waals surface area contributed by atoms with Gasteiger partial charge in [0, 0.05) is 18.0 Å². The minimum atomic E-state index is -0.0983. The van der Waals surface area contributed by atoms with E-state index in [-0.39, 0.29) is 6.61 Å². The van der Waals surface area contributed by atoms with E-state index in [1.165, 1.54) is 0 Å². The van der Waals surface area contributed by atoms with Crippen LogP contribution in [0.4, 0.5) is 5.69 Å². The Morgan fingerprint density at radius 1 is 1.12 bits per heavy atom. The van der Waals surface area contributed by atoms with E-state index in [0.717, 1.165) is 0 Å². The second-order valence-electron chi connectivity index (χ2n) is 3.31. The van der Waals surface area contributed by atoms with Crippen LogP contribution in [0.2, 0.25) is 0 Å². The van der Waals surface area contributed by atoms with Crippen LogP contribution in [0, 0.1) is 0 Å². The molecule has 3 N–H and O–H groups in total. The van der Waals surface area contributed by atoms with Crippen LogP contribution in [-0.4, -0.2) is 10.1 Å². The van der Waals surface area contributed by atoms with Crippen molar-refractivity contribution >= 4 is 5.69 Å². The normalized spacial score (nSPS) is 10.1. The molecule has 0 bridgehead atoms. The molecule has 0 amide bonds. The SMILES string of the molecule is Nc1ccc(Oc2ccnc(CO)c2)cc1. The van der Waals surface area contributed by atoms with E-state index in [1.807, 2.05) is 0 Å². The number of rotatable bonds is 3. The first-order chi connectivity index (χ1) is 7.78. The van der Waals surface area contributed by atoms with Crippen LogP contribution in [0.15, 0.2) is 42.6 Å². The summed E-state index contributed by atoms with van der Waals surface area (Å²) in [4.78, 5) is 3.96. The molecule has 0 unspecified atom stereocenters. The number of pyridine rings is 1. The summed E-state index contributed by atoms with van der Waals surface area (Å²) in [5, 5.41) is 8.93. The van der Waals surface area contributed by atoms with Crippen molar-refractivity contribution in [1.82, 2.24) is 4.98 Å². The van der Waals surface area contributed by atoms with E-state index in [1.54, 1.807) is 42.6 Å². The molecule has 1 aromatic heterocycles. The Morgan fingerprint density at radius 3 is 2.56 bits per heavy atom. The molecule has 0 radical (unpaired) electrons. The van der Waals surface area contributed by atoms with E-state index in [9.17, 15) is 0 Å². The zero-order valence-electron chi connectivity index (χ0n) is 8.63. The molecule has 82 valence electrons. The average Bonchev–Trinajstić information content (AvgIpc) is 2.32. The number of aliphatic hydroxyl groups excluding tert-OH is 1. The lowest BCUT2D eigenvalue weighted by Gasteiger charge is -2.06. The molecule has 2 aromatic rings. The predicted molar refractivity (Wildman–Crippen MR) is 61.1 cm³/mol. The second-order valence-corrected chi connectivity index (χ2v) is 3.31. The highest BCUT2D eigenvalue weighted by Crippen LogP contribution is 2.22. The first-order valence-corrected chi connectivity index (χ1v) is 4.87. The minimum absolute atomic E-state index is 0.0983. The second kappa shape index (κ2) is 4.63. The molecule has 0 saturated carbocycles. The third kappa shape index (κ3) is 2.49. The van der Waals surface area contributed by atoms with Crippen LogP contribution in [0.25, 0.3) is 0 Å². The lowest BCUT2D eigenvalue weighted by atomic mass is 10.3. The van der Waals surface area contributed by atoms with Crippen LogP contribution >= 0.6 is 0 Å². The van der Waals surface area contributed by atoms with Gasteiger partial charge in [-0.25, -0.2) is 0 Å². The maximum absolute atomic E-state index is 8.93. The summed E-state index contributed by atoms with van der Waals surface area (Å²) in [5.74, 6) is 1.34. The maximum Gasteiger partial charge on any atom is 0.130 e. The number of aliphatic hydroxyl groups is 1. The number of hydrogen-bond donors (Lipinski definition) is 2. The molecule has 0 aliphatic rings. The Bertz CT molecular complexity index is 469. The third-order valence-corrected chi connectivity index (χ3v) is 2.07. The fourth-order valence-corrected chi connectivity index (χ4v) is 1.28. The highest BCUT2D eigenvalue weighted by atomic mass is 16.5. The van der Waals surface area contributed by atoms with Crippen LogP contribution in [0.5, 0.6) is 11.5 Å². The summed E-state index contributed by atoms with van der Waals surface area (Å²) in [6.07, 6.45) is 1.60. The number of hydrogen-bond acceptors (Lipinski definition) is 4. The Hall–Kier alpha value is -2.07. The van der Waals surface area contributed by atoms with Gasteiger partial charge in [0.25, 0.3) is 0 Å². The van der Waals surface area contributed by atoms with Gasteiger partial charge in [0.1, 0.15) is 11.5 Å². The van der Waals surface area contributed by atoms with Crippen molar-refractivity contribution in [1.29, 1.82) is 0 Å². The monoisotopic (exact) mass is 216 g/mol. The predicted octanol–water partition coefficient (Wildman–Crippen LogP) is 1.95. The summed E-state index contributed by atoms with van der Waals surface area (Å²) in [6.45, 7) is -0.0983. The van der Waals surface area contributed by atoms with Gasteiger partial charge in [0.05, 0.1) is 12.3 Å². The summed E-state index contributed by atoms with van der Waals surface area (Å²) in [7, 11) is 0. The highest BCUT2D eigenvalue weighted by molar-refractivity contribution is 5.43. The van der Waals surface area contributed by atoms with E-state index < -0.39 is 0 Å². The lowest BCUT2D eigenvalue weighted by molar-refractivity contribution is 0.276. The summed E-state index contributed by atoms with van der Waals surface area (Å²) < 4.78 is 5.57. The van der Waals surface area contributed by atoms with Gasteiger partial charge in [0.15, 0.2) is 0 Å². The standard InChI is InChI=1S/C12H12N2O2/c13-9-1-3-11(4-2-9)16-12-5-6-14-10(7-12)8-15/h1-7,15H,8,13H2. The van der Waals surface area contributed by atoms with Gasteiger partial charge in [-0.2, -0.15) is 0 Å². The van der Waals surface area contributed by atoms with Gasteiger partial charge in [-0.3, -0.25) is 4.98 Å². The van der Waals surface area contributed by atoms with E-state index in [0.29, 0.717) is 22.9 Å². The van der Waals surface area contributed by atoms with Gasteiger partial charge in [-0.1, -0.05) is 0 Å². The molecule has 1 heterocycles. The Morgan fingerprint density at radius 2 is 1.88 bits per heavy atom. The van der Waals surface area contributed by atoms with Crippen molar-refractivity contribution < 1.29 is 9.84 Å². The first-order valence-electron chi connectivity index (χ1n) is 4.87. The molecule has 0 spiro atoms. The van der Waals surface area contributed by atoms with Crippen molar-refractivity contribution in [3.63, 3.8) is 0 Å². The van der Waals surface area contributed by atoms with E-state index >= 15 is 0 Å². The first kappa shape index (κ1) is 10.4. The van der Waals surface area contributed by atoms with Gasteiger partial charge >= 0.3 is 0 Å². The van der Waals surface area contributed by atoms with Gasteiger partial charge in [0.2, 0.25) is 0 Å². The van der Waals surface area contributed by atoms with Crippen LogP contribution < -0.4 is 10.5 Å². The fourth-order valence-electron chi connectivity index (χ4n) is 1.28. The molecule has 0 aliphatic heterocycles. The fraction of sp³-hybridized carbons (Fsp3) is 0.0833. The topological polar surface area (TPSA) is 68.4 Å². The number of nitrogen functional groups attached to an aromatic ring is 1. The van der Waals surface area contributed by atoms with Crippen LogP contribution in [-0.2, 0) is 6.61 Å². The van der Waals surface area contributed by atoms with Crippen LogP contribution in [0.3, 0.4) is 0 Å². The molecule has 4 heteroatoms. The highest BCUT2D eigenvalue weighted by Gasteiger charge is 1.99. The smallest absolute Gasteiger partial charge is 0.130 e. The Labute approximate surface area is 93.3 Å². The van der Waals surface area contributed by atoms with Crippen molar-refractivity contribution in [2.75, 3.05) is 5.73 Å². The summed E-state index contributed by atoms with van der Waals surface area (Å²) >= 11 is 0. The molecule has 0 fully saturated rings. The molecule has 0 atom stereocenters. The van der Waals surface area contributed by atoms with E-state index in [2.05, 4.69) is 4.98 Å². The molecule has 16 heavy (non-hydrogen) atoms. The molecule has 2 rings (SSSR count). The number of ether oxygens (including phenoxy) is 1. The van der Waals surface area contributed by atoms with E-state index in [4.69, 9.17) is 15.6 Å². The van der Waals surface area contributed by atoms with Gasteiger partial charge in [-0.15, -0.1) is 0 Å². The zero-order chi connectivity index (χ0) is 11.4. The number of aromatic nitrogens is 1. The van der Waals surface area contributed by atoms with Crippen molar-refractivity contribution in [3.05, 3.63) is 48.3 Å². The minimum Gasteiger partial charge on any atom is -0.457 e. The van der Waals surface area contributed by atoms with Crippen molar-refractivity contribution in [2.45, 2.75) is 6.61 Å². The number of nitrogens with zero attached hydrogens (tertiary/aromatic N) is 1. The Balaban J connectivity index is 2.16. The van der Waals surface area contributed by atoms with Gasteiger partial charge in [-0.05, 0) is 30.3 Å². The van der Waals surface area contributed by atoms with Crippen molar-refractivity contribution in [3.8, 4) is 11.5 Å². The molecule has 4 nitrogen and oxygen atoms in total. The number of nitrogens with two attached hydrogens (primary N) is 1. The summed E-state index contributed by atoms with van der Waals surface area (Å²) in [6, 6.07) is 10.5. The molecular formula is C12H12N2O2. The molecule has 1 aromatic carbocycles. The summed E-state index contributed by atoms with van der Waals surface area (Å²) in [5.41, 5.74) is 6.84. The molecule has 0 aliphatic carbocycles. The average molecular weight is 216 g/mol. The zero-order valence-corrected chi connectivity index (χ0v) is 8.63. The lowest BCUT2D eigenvalue weighted by Crippen LogP contribution is -1.91. The maximum atomic E-state index is 8.93. The van der Waals surface area contributed by atoms with Crippen molar-refractivity contribution in [2.24, 2.45) is 0 Å².